The molecule has 5 heteroatoms. The molecule has 0 unspecified atom stereocenters. The predicted molar refractivity (Wildman–Crippen MR) is 57.5 cm³/mol. The van der Waals surface area contributed by atoms with Crippen LogP contribution in [0.4, 0.5) is 5.82 Å². The fourth-order valence-electron chi connectivity index (χ4n) is 1.27. The highest BCUT2D eigenvalue weighted by Gasteiger charge is 1.97. The molecule has 2 heterocycles. The van der Waals surface area contributed by atoms with E-state index in [1.54, 1.807) is 18.6 Å². The van der Waals surface area contributed by atoms with Gasteiger partial charge >= 0.3 is 0 Å². The van der Waals surface area contributed by atoms with Gasteiger partial charge in [-0.15, -0.1) is 0 Å². The first-order valence-corrected chi connectivity index (χ1v) is 4.90. The molecule has 78 valence electrons. The number of hydrogen-bond donors (Lipinski definition) is 1. The lowest BCUT2D eigenvalue weighted by molar-refractivity contribution is 0.670. The second kappa shape index (κ2) is 4.54. The highest BCUT2D eigenvalue weighted by Crippen LogP contribution is 2.01. The second-order valence-corrected chi connectivity index (χ2v) is 3.13. The SMILES string of the molecule is CCNc1cnc(Cn2cccn2)cn1. The minimum atomic E-state index is 0.659. The maximum Gasteiger partial charge on any atom is 0.144 e. The van der Waals surface area contributed by atoms with Crippen molar-refractivity contribution in [1.29, 1.82) is 0 Å². The van der Waals surface area contributed by atoms with Gasteiger partial charge in [-0.05, 0) is 13.0 Å². The van der Waals surface area contributed by atoms with Crippen molar-refractivity contribution in [2.45, 2.75) is 13.5 Å². The summed E-state index contributed by atoms with van der Waals surface area (Å²) >= 11 is 0. The monoisotopic (exact) mass is 203 g/mol. The summed E-state index contributed by atoms with van der Waals surface area (Å²) in [5.74, 6) is 0.807. The van der Waals surface area contributed by atoms with Crippen molar-refractivity contribution in [3.8, 4) is 0 Å². The Labute approximate surface area is 88.2 Å². The summed E-state index contributed by atoms with van der Waals surface area (Å²) in [4.78, 5) is 8.52. The summed E-state index contributed by atoms with van der Waals surface area (Å²) in [7, 11) is 0. The van der Waals surface area contributed by atoms with Gasteiger partial charge in [-0.2, -0.15) is 5.10 Å². The van der Waals surface area contributed by atoms with Gasteiger partial charge in [0.15, 0.2) is 0 Å². The van der Waals surface area contributed by atoms with Crippen LogP contribution in [0.2, 0.25) is 0 Å². The lowest BCUT2D eigenvalue weighted by Gasteiger charge is -2.03. The van der Waals surface area contributed by atoms with Gasteiger partial charge in [0.1, 0.15) is 5.82 Å². The van der Waals surface area contributed by atoms with Crippen molar-refractivity contribution in [2.75, 3.05) is 11.9 Å². The topological polar surface area (TPSA) is 55.6 Å². The van der Waals surface area contributed by atoms with Gasteiger partial charge in [-0.25, -0.2) is 4.98 Å². The van der Waals surface area contributed by atoms with E-state index in [1.165, 1.54) is 0 Å². The zero-order valence-electron chi connectivity index (χ0n) is 8.59. The van der Waals surface area contributed by atoms with Crippen LogP contribution < -0.4 is 5.32 Å². The fraction of sp³-hybridized carbons (Fsp3) is 0.300. The second-order valence-electron chi connectivity index (χ2n) is 3.13. The Kier molecular flexibility index (Phi) is 2.92. The zero-order chi connectivity index (χ0) is 10.5. The third-order valence-electron chi connectivity index (χ3n) is 1.95. The molecule has 15 heavy (non-hydrogen) atoms. The third kappa shape index (κ3) is 2.52. The van der Waals surface area contributed by atoms with Gasteiger partial charge in [0.05, 0.1) is 24.6 Å². The molecule has 2 rings (SSSR count). The Hall–Kier alpha value is -1.91. The molecule has 0 bridgehead atoms. The van der Waals surface area contributed by atoms with Crippen LogP contribution in [-0.4, -0.2) is 26.3 Å². The Balaban J connectivity index is 2.04. The minimum Gasteiger partial charge on any atom is -0.369 e. The molecule has 0 atom stereocenters. The largest absolute Gasteiger partial charge is 0.369 e. The van der Waals surface area contributed by atoms with Crippen LogP contribution in [0, 0.1) is 0 Å². The molecule has 0 amide bonds. The molecule has 0 radical (unpaired) electrons. The summed E-state index contributed by atoms with van der Waals surface area (Å²) in [5, 5.41) is 7.20. The van der Waals surface area contributed by atoms with Crippen LogP contribution in [0.15, 0.2) is 30.9 Å². The minimum absolute atomic E-state index is 0.659. The summed E-state index contributed by atoms with van der Waals surface area (Å²) in [6.45, 7) is 3.54. The maximum absolute atomic E-state index is 4.29. The van der Waals surface area contributed by atoms with E-state index in [0.717, 1.165) is 18.1 Å². The number of nitrogens with zero attached hydrogens (tertiary/aromatic N) is 4. The van der Waals surface area contributed by atoms with Gasteiger partial charge in [0.2, 0.25) is 0 Å². The standard InChI is InChI=1S/C10H13N5/c1-2-11-10-7-12-9(6-13-10)8-15-5-3-4-14-15/h3-7H,2,8H2,1H3,(H,11,13). The molecule has 2 aromatic rings. The molecular formula is C10H13N5. The first-order valence-electron chi connectivity index (χ1n) is 4.90. The van der Waals surface area contributed by atoms with E-state index in [4.69, 9.17) is 0 Å². The first kappa shape index (κ1) is 9.64. The normalized spacial score (nSPS) is 10.2. The van der Waals surface area contributed by atoms with Crippen LogP contribution in [0.5, 0.6) is 0 Å². The first-order chi connectivity index (χ1) is 7.38. The quantitative estimate of drug-likeness (QED) is 0.810. The van der Waals surface area contributed by atoms with E-state index in [2.05, 4.69) is 20.4 Å². The van der Waals surface area contributed by atoms with Gasteiger partial charge in [-0.3, -0.25) is 9.67 Å². The average molecular weight is 203 g/mol. The van der Waals surface area contributed by atoms with Crippen LogP contribution in [0.3, 0.4) is 0 Å². The van der Waals surface area contributed by atoms with Crippen molar-refractivity contribution in [3.05, 3.63) is 36.5 Å². The Morgan fingerprint density at radius 1 is 1.33 bits per heavy atom. The molecule has 0 aliphatic carbocycles. The Morgan fingerprint density at radius 2 is 2.27 bits per heavy atom. The van der Waals surface area contributed by atoms with Crippen molar-refractivity contribution in [1.82, 2.24) is 19.7 Å². The van der Waals surface area contributed by atoms with Crippen LogP contribution in [-0.2, 0) is 6.54 Å². The molecule has 5 nitrogen and oxygen atoms in total. The average Bonchev–Trinajstić information content (AvgIpc) is 2.74. The lowest BCUT2D eigenvalue weighted by Crippen LogP contribution is -2.05. The highest BCUT2D eigenvalue weighted by molar-refractivity contribution is 5.30. The molecule has 0 spiro atoms. The van der Waals surface area contributed by atoms with Crippen LogP contribution >= 0.6 is 0 Å². The number of nitrogens with one attached hydrogen (secondary N) is 1. The van der Waals surface area contributed by atoms with Crippen LogP contribution in [0.25, 0.3) is 0 Å². The van der Waals surface area contributed by atoms with E-state index in [-0.39, 0.29) is 0 Å². The number of aromatic nitrogens is 4. The summed E-state index contributed by atoms with van der Waals surface area (Å²) < 4.78 is 1.82. The number of rotatable bonds is 4. The van der Waals surface area contributed by atoms with Crippen molar-refractivity contribution in [3.63, 3.8) is 0 Å². The molecule has 0 aliphatic heterocycles. The van der Waals surface area contributed by atoms with E-state index in [9.17, 15) is 0 Å². The van der Waals surface area contributed by atoms with E-state index >= 15 is 0 Å². The zero-order valence-corrected chi connectivity index (χ0v) is 8.59. The summed E-state index contributed by atoms with van der Waals surface area (Å²) in [6, 6.07) is 1.89. The third-order valence-corrected chi connectivity index (χ3v) is 1.95. The molecule has 0 saturated carbocycles. The van der Waals surface area contributed by atoms with Gasteiger partial charge in [0.25, 0.3) is 0 Å². The van der Waals surface area contributed by atoms with Crippen molar-refractivity contribution < 1.29 is 0 Å². The Bertz CT molecular complexity index is 392. The fourth-order valence-corrected chi connectivity index (χ4v) is 1.27. The van der Waals surface area contributed by atoms with E-state index in [1.807, 2.05) is 23.9 Å². The molecule has 1 N–H and O–H groups in total. The van der Waals surface area contributed by atoms with Crippen molar-refractivity contribution in [2.24, 2.45) is 0 Å². The molecule has 0 aromatic carbocycles. The van der Waals surface area contributed by atoms with Gasteiger partial charge < -0.3 is 5.32 Å². The number of anilines is 1. The number of hydrogen-bond acceptors (Lipinski definition) is 4. The molecule has 0 fully saturated rings. The molecular weight excluding hydrogens is 190 g/mol. The molecule has 0 aliphatic rings. The molecule has 0 saturated heterocycles. The summed E-state index contributed by atoms with van der Waals surface area (Å²) in [6.07, 6.45) is 7.16. The van der Waals surface area contributed by atoms with Gasteiger partial charge in [-0.1, -0.05) is 0 Å². The Morgan fingerprint density at radius 3 is 2.87 bits per heavy atom. The maximum atomic E-state index is 4.29. The van der Waals surface area contributed by atoms with Crippen LogP contribution in [0.1, 0.15) is 12.6 Å². The van der Waals surface area contributed by atoms with E-state index in [0.29, 0.717) is 6.54 Å². The van der Waals surface area contributed by atoms with E-state index < -0.39 is 0 Å². The summed E-state index contributed by atoms with van der Waals surface area (Å²) in [5.41, 5.74) is 0.903. The van der Waals surface area contributed by atoms with Crippen molar-refractivity contribution >= 4 is 5.82 Å². The van der Waals surface area contributed by atoms with Gasteiger partial charge in [0, 0.05) is 18.9 Å². The highest BCUT2D eigenvalue weighted by atomic mass is 15.3. The lowest BCUT2D eigenvalue weighted by atomic mass is 10.4. The molecule has 2 aromatic heterocycles. The smallest absolute Gasteiger partial charge is 0.144 e. The predicted octanol–water partition coefficient (Wildman–Crippen LogP) is 1.15.